The number of aliphatic hydroxyl groups is 1. The van der Waals surface area contributed by atoms with Crippen molar-refractivity contribution in [2.75, 3.05) is 19.6 Å². The Hall–Kier alpha value is -0.900. The number of aryl methyl sites for hydroxylation is 1. The summed E-state index contributed by atoms with van der Waals surface area (Å²) in [5.74, 6) is 1.74. The summed E-state index contributed by atoms with van der Waals surface area (Å²) in [5.41, 5.74) is -0.577. The molecule has 0 aliphatic heterocycles. The number of nitrogens with zero attached hydrogens (tertiary/aromatic N) is 4. The van der Waals surface area contributed by atoms with Crippen LogP contribution in [-0.4, -0.2) is 51.1 Å². The Bertz CT molecular complexity index is 472. The van der Waals surface area contributed by atoms with Crippen LogP contribution in [0.5, 0.6) is 0 Å². The molecule has 0 saturated heterocycles. The van der Waals surface area contributed by atoms with Crippen molar-refractivity contribution in [3.8, 4) is 0 Å². The quantitative estimate of drug-likeness (QED) is 0.346. The van der Waals surface area contributed by atoms with Gasteiger partial charge in [-0.15, -0.1) is 34.2 Å². The second-order valence-corrected chi connectivity index (χ2v) is 5.49. The maximum Gasteiger partial charge on any atom is 0.191 e. The molecule has 0 amide bonds. The summed E-state index contributed by atoms with van der Waals surface area (Å²) in [4.78, 5) is 4.47. The van der Waals surface area contributed by atoms with Crippen LogP contribution in [0.25, 0.3) is 0 Å². The van der Waals surface area contributed by atoms with Gasteiger partial charge < -0.3 is 20.3 Å². The minimum absolute atomic E-state index is 0. The second-order valence-electron chi connectivity index (χ2n) is 5.49. The molecule has 0 aromatic carbocycles. The Morgan fingerprint density at radius 2 is 2.18 bits per heavy atom. The molecule has 126 valence electrons. The molecule has 0 atom stereocenters. The summed E-state index contributed by atoms with van der Waals surface area (Å²) in [6, 6.07) is 0. The SMILES string of the molecule is CCNC(=NCC1(O)CCC1)NCCn1cnnc1CC.I. The fraction of sp³-hybridized carbons (Fsp3) is 0.786. The predicted octanol–water partition coefficient (Wildman–Crippen LogP) is 0.929. The molecule has 1 aromatic heterocycles. The van der Waals surface area contributed by atoms with Gasteiger partial charge in [-0.3, -0.25) is 4.99 Å². The lowest BCUT2D eigenvalue weighted by atomic mass is 9.80. The molecule has 3 N–H and O–H groups in total. The molecule has 1 saturated carbocycles. The van der Waals surface area contributed by atoms with Crippen molar-refractivity contribution in [1.82, 2.24) is 25.4 Å². The first-order valence-corrected chi connectivity index (χ1v) is 7.78. The van der Waals surface area contributed by atoms with Gasteiger partial charge in [-0.05, 0) is 26.2 Å². The molecule has 0 unspecified atom stereocenters. The van der Waals surface area contributed by atoms with E-state index in [1.54, 1.807) is 6.33 Å². The zero-order valence-corrected chi connectivity index (χ0v) is 15.7. The highest BCUT2D eigenvalue weighted by Gasteiger charge is 2.34. The summed E-state index contributed by atoms with van der Waals surface area (Å²) >= 11 is 0. The van der Waals surface area contributed by atoms with Crippen LogP contribution in [-0.2, 0) is 13.0 Å². The lowest BCUT2D eigenvalue weighted by Crippen LogP contribution is -2.43. The third kappa shape index (κ3) is 5.38. The molecule has 0 spiro atoms. The fourth-order valence-corrected chi connectivity index (χ4v) is 2.35. The van der Waals surface area contributed by atoms with Gasteiger partial charge in [-0.2, -0.15) is 0 Å². The standard InChI is InChI=1S/C14H26N6O.HI/c1-3-12-19-18-11-20(12)9-8-16-13(15-4-2)17-10-14(21)6-5-7-14;/h11,21H,3-10H2,1-2H3,(H2,15,16,17);1H. The minimum atomic E-state index is -0.577. The number of halogens is 1. The van der Waals surface area contributed by atoms with Gasteiger partial charge in [0.15, 0.2) is 5.96 Å². The molecule has 0 bridgehead atoms. The van der Waals surface area contributed by atoms with Gasteiger partial charge in [0.05, 0.1) is 12.1 Å². The van der Waals surface area contributed by atoms with Crippen LogP contribution >= 0.6 is 24.0 Å². The van der Waals surface area contributed by atoms with Gasteiger partial charge in [0.1, 0.15) is 12.2 Å². The van der Waals surface area contributed by atoms with Crippen LogP contribution in [0.2, 0.25) is 0 Å². The molecule has 22 heavy (non-hydrogen) atoms. The van der Waals surface area contributed by atoms with E-state index < -0.39 is 5.60 Å². The largest absolute Gasteiger partial charge is 0.388 e. The first-order chi connectivity index (χ1) is 10.2. The van der Waals surface area contributed by atoms with Gasteiger partial charge >= 0.3 is 0 Å². The molecule has 7 nitrogen and oxygen atoms in total. The Morgan fingerprint density at radius 3 is 2.77 bits per heavy atom. The monoisotopic (exact) mass is 422 g/mol. The summed E-state index contributed by atoms with van der Waals surface area (Å²) in [6.07, 6.45) is 5.44. The van der Waals surface area contributed by atoms with Crippen molar-refractivity contribution in [2.45, 2.75) is 51.7 Å². The number of hydrogen-bond donors (Lipinski definition) is 3. The van der Waals surface area contributed by atoms with Gasteiger partial charge in [-0.1, -0.05) is 6.92 Å². The molecular formula is C14H27IN6O. The third-order valence-electron chi connectivity index (χ3n) is 3.82. The van der Waals surface area contributed by atoms with E-state index in [1.807, 2.05) is 11.5 Å². The first kappa shape index (κ1) is 19.1. The molecule has 0 radical (unpaired) electrons. The average molecular weight is 422 g/mol. The van der Waals surface area contributed by atoms with Crippen molar-refractivity contribution in [3.05, 3.63) is 12.2 Å². The number of hydrogen-bond acceptors (Lipinski definition) is 4. The van der Waals surface area contributed by atoms with Crippen molar-refractivity contribution in [3.63, 3.8) is 0 Å². The molecular weight excluding hydrogens is 395 g/mol. The van der Waals surface area contributed by atoms with Crippen LogP contribution in [0.15, 0.2) is 11.3 Å². The number of aliphatic imine (C=N–C) groups is 1. The predicted molar refractivity (Wildman–Crippen MR) is 97.6 cm³/mol. The molecule has 8 heteroatoms. The smallest absolute Gasteiger partial charge is 0.191 e. The third-order valence-corrected chi connectivity index (χ3v) is 3.82. The summed E-state index contributed by atoms with van der Waals surface area (Å²) in [7, 11) is 0. The van der Waals surface area contributed by atoms with Crippen LogP contribution < -0.4 is 10.6 Å². The summed E-state index contributed by atoms with van der Waals surface area (Å²) in [5, 5.41) is 24.6. The maximum atomic E-state index is 10.1. The van der Waals surface area contributed by atoms with Crippen molar-refractivity contribution < 1.29 is 5.11 Å². The van der Waals surface area contributed by atoms with E-state index in [2.05, 4.69) is 32.7 Å². The zero-order chi connectivity index (χ0) is 15.1. The topological polar surface area (TPSA) is 87.4 Å². The Labute approximate surface area is 149 Å². The van der Waals surface area contributed by atoms with Crippen LogP contribution in [0.1, 0.15) is 38.9 Å². The van der Waals surface area contributed by atoms with Gasteiger partial charge in [0, 0.05) is 26.1 Å². The highest BCUT2D eigenvalue weighted by atomic mass is 127. The van der Waals surface area contributed by atoms with Crippen LogP contribution in [0.4, 0.5) is 0 Å². The van der Waals surface area contributed by atoms with Gasteiger partial charge in [0.25, 0.3) is 0 Å². The van der Waals surface area contributed by atoms with Gasteiger partial charge in [-0.25, -0.2) is 0 Å². The number of aromatic nitrogens is 3. The van der Waals surface area contributed by atoms with Crippen LogP contribution in [0.3, 0.4) is 0 Å². The Morgan fingerprint density at radius 1 is 1.41 bits per heavy atom. The normalized spacial score (nSPS) is 16.6. The molecule has 1 aliphatic carbocycles. The van der Waals surface area contributed by atoms with E-state index in [-0.39, 0.29) is 24.0 Å². The first-order valence-electron chi connectivity index (χ1n) is 7.78. The highest BCUT2D eigenvalue weighted by molar-refractivity contribution is 14.0. The van der Waals surface area contributed by atoms with E-state index in [9.17, 15) is 5.11 Å². The Kier molecular flexibility index (Phi) is 8.08. The lowest BCUT2D eigenvalue weighted by Gasteiger charge is -2.35. The van der Waals surface area contributed by atoms with Crippen molar-refractivity contribution in [2.24, 2.45) is 4.99 Å². The molecule has 1 fully saturated rings. The fourth-order valence-electron chi connectivity index (χ4n) is 2.35. The number of nitrogens with one attached hydrogen (secondary N) is 2. The number of guanidine groups is 1. The van der Waals surface area contributed by atoms with E-state index in [1.165, 1.54) is 0 Å². The minimum Gasteiger partial charge on any atom is -0.388 e. The highest BCUT2D eigenvalue weighted by Crippen LogP contribution is 2.31. The van der Waals surface area contributed by atoms with E-state index in [0.717, 1.165) is 57.1 Å². The average Bonchev–Trinajstić information content (AvgIpc) is 2.90. The number of rotatable bonds is 7. The maximum absolute atomic E-state index is 10.1. The van der Waals surface area contributed by atoms with Crippen molar-refractivity contribution >= 4 is 29.9 Å². The summed E-state index contributed by atoms with van der Waals surface area (Å²) in [6.45, 7) is 6.91. The molecule has 1 aliphatic rings. The molecule has 1 aromatic rings. The van der Waals surface area contributed by atoms with Gasteiger partial charge in [0.2, 0.25) is 0 Å². The second kappa shape index (κ2) is 9.29. The Balaban J connectivity index is 0.00000242. The van der Waals surface area contributed by atoms with E-state index in [0.29, 0.717) is 6.54 Å². The van der Waals surface area contributed by atoms with E-state index >= 15 is 0 Å². The lowest BCUT2D eigenvalue weighted by molar-refractivity contribution is -0.0236. The molecule has 1 heterocycles. The summed E-state index contributed by atoms with van der Waals surface area (Å²) < 4.78 is 2.04. The van der Waals surface area contributed by atoms with E-state index in [4.69, 9.17) is 0 Å². The van der Waals surface area contributed by atoms with Crippen LogP contribution in [0, 0.1) is 0 Å². The molecule has 2 rings (SSSR count). The zero-order valence-electron chi connectivity index (χ0n) is 13.4. The van der Waals surface area contributed by atoms with Crippen molar-refractivity contribution in [1.29, 1.82) is 0 Å².